The lowest BCUT2D eigenvalue weighted by Gasteiger charge is -2.37. The Morgan fingerprint density at radius 3 is 2.69 bits per heavy atom. The molecule has 3 heterocycles. The molecule has 13 heteroatoms. The van der Waals surface area contributed by atoms with Gasteiger partial charge in [-0.25, -0.2) is 21.7 Å². The van der Waals surface area contributed by atoms with Gasteiger partial charge in [0.05, 0.1) is 24.6 Å². The zero-order valence-corrected chi connectivity index (χ0v) is 21.1. The number of halogens is 2. The number of piperidine rings is 1. The number of sulfonamides is 1. The van der Waals surface area contributed by atoms with E-state index in [1.165, 1.54) is 0 Å². The minimum atomic E-state index is -3.70. The van der Waals surface area contributed by atoms with Crippen LogP contribution in [0, 0.1) is 0 Å². The molecular weight excluding hydrogens is 478 g/mol. The molecule has 2 aromatic rings. The number of anilines is 2. The van der Waals surface area contributed by atoms with Crippen LogP contribution in [0.25, 0.3) is 5.52 Å². The highest BCUT2D eigenvalue weighted by atomic mass is 32.2. The van der Waals surface area contributed by atoms with Crippen LogP contribution in [0.2, 0.25) is 0 Å². The molecule has 0 spiro atoms. The number of hydrogen-bond donors (Lipinski definition) is 2. The lowest BCUT2D eigenvalue weighted by Crippen LogP contribution is -2.55. The fourth-order valence-corrected chi connectivity index (χ4v) is 4.56. The monoisotopic (exact) mass is 508 g/mol. The van der Waals surface area contributed by atoms with Crippen molar-refractivity contribution in [3.8, 4) is 0 Å². The number of hydrogen-bond acceptors (Lipinski definition) is 8. The molecule has 0 aromatic carbocycles. The Kier molecular flexibility index (Phi) is 8.00. The van der Waals surface area contributed by atoms with Crippen LogP contribution < -0.4 is 10.6 Å². The van der Waals surface area contributed by atoms with Gasteiger partial charge in [0.25, 0.3) is 5.92 Å². The Labute approximate surface area is 203 Å². The minimum Gasteiger partial charge on any atom is -0.371 e. The topological polar surface area (TPSA) is 116 Å². The van der Waals surface area contributed by atoms with Gasteiger partial charge in [-0.1, -0.05) is 6.08 Å². The number of nitrogens with zero attached hydrogens (tertiary/aromatic N) is 6. The van der Waals surface area contributed by atoms with E-state index in [-0.39, 0.29) is 18.9 Å². The van der Waals surface area contributed by atoms with Crippen LogP contribution in [-0.2, 0) is 10.0 Å². The van der Waals surface area contributed by atoms with Gasteiger partial charge in [0.2, 0.25) is 16.0 Å². The zero-order chi connectivity index (χ0) is 25.8. The smallest absolute Gasteiger partial charge is 0.281 e. The van der Waals surface area contributed by atoms with E-state index in [1.54, 1.807) is 31.0 Å². The predicted octanol–water partition coefficient (Wildman–Crippen LogP) is 2.82. The zero-order valence-electron chi connectivity index (χ0n) is 20.3. The Morgan fingerprint density at radius 2 is 2.09 bits per heavy atom. The highest BCUT2D eigenvalue weighted by Crippen LogP contribution is 2.31. The molecular formula is C22H30F2N8O2S. The molecule has 35 heavy (non-hydrogen) atoms. The number of rotatable bonds is 8. The van der Waals surface area contributed by atoms with Crippen LogP contribution in [-0.4, -0.2) is 84.1 Å². The van der Waals surface area contributed by atoms with E-state index >= 15 is 0 Å². The van der Waals surface area contributed by atoms with Crippen LogP contribution in [0.1, 0.15) is 25.8 Å². The van der Waals surface area contributed by atoms with Crippen molar-refractivity contribution in [2.45, 2.75) is 32.2 Å². The number of fused-ring (bicyclic) bond motifs is 1. The number of aliphatic imine (C=N–C) groups is 2. The van der Waals surface area contributed by atoms with Crippen molar-refractivity contribution in [2.24, 2.45) is 9.98 Å². The fourth-order valence-electron chi connectivity index (χ4n) is 3.71. The standard InChI is InChI=1S/C22H30F2N8O2S/c1-6-11-27-15(2)7-8-17(25-3)16-9-13-32-19(16)20(26-4)29-21(30-32)28-18-10-12-31(35(5,33)34)14-22(18,23)24/h6-9,11,13,18H,10,12,14H2,1-5H3,(H2,26,28,29,30)/b8-7-,11-6-,25-17?,27-15-. The van der Waals surface area contributed by atoms with Crippen LogP contribution in [0.15, 0.2) is 46.7 Å². The van der Waals surface area contributed by atoms with Gasteiger partial charge < -0.3 is 10.6 Å². The fraction of sp³-hybridized carbons (Fsp3) is 0.455. The van der Waals surface area contributed by atoms with E-state index < -0.39 is 28.5 Å². The number of aromatic nitrogens is 3. The third-order valence-electron chi connectivity index (χ3n) is 5.51. The number of nitrogens with one attached hydrogen (secondary N) is 2. The first-order valence-corrected chi connectivity index (χ1v) is 12.8. The highest BCUT2D eigenvalue weighted by molar-refractivity contribution is 7.88. The van der Waals surface area contributed by atoms with Gasteiger partial charge in [0, 0.05) is 44.3 Å². The third kappa shape index (κ3) is 6.09. The molecule has 10 nitrogen and oxygen atoms in total. The number of alkyl halides is 2. The highest BCUT2D eigenvalue weighted by Gasteiger charge is 2.47. The number of allylic oxidation sites excluding steroid dienone is 3. The maximum Gasteiger partial charge on any atom is 0.281 e. The van der Waals surface area contributed by atoms with E-state index in [0.717, 1.165) is 21.8 Å². The molecule has 1 aliphatic rings. The summed E-state index contributed by atoms with van der Waals surface area (Å²) < 4.78 is 55.2. The summed E-state index contributed by atoms with van der Waals surface area (Å²) in [7, 11) is -0.359. The van der Waals surface area contributed by atoms with Crippen LogP contribution in [0.5, 0.6) is 0 Å². The molecule has 1 fully saturated rings. The van der Waals surface area contributed by atoms with E-state index in [1.807, 2.05) is 38.1 Å². The van der Waals surface area contributed by atoms with Crippen molar-refractivity contribution in [1.82, 2.24) is 18.9 Å². The summed E-state index contributed by atoms with van der Waals surface area (Å²) in [6.07, 6.45) is 9.75. The van der Waals surface area contributed by atoms with E-state index in [9.17, 15) is 17.2 Å². The largest absolute Gasteiger partial charge is 0.371 e. The average molecular weight is 509 g/mol. The van der Waals surface area contributed by atoms with Gasteiger partial charge in [-0.05, 0) is 38.5 Å². The quantitative estimate of drug-likeness (QED) is 0.530. The van der Waals surface area contributed by atoms with Gasteiger partial charge in [-0.3, -0.25) is 9.98 Å². The lowest BCUT2D eigenvalue weighted by molar-refractivity contribution is -0.0541. The molecule has 1 atom stereocenters. The molecule has 2 aromatic heterocycles. The molecule has 0 radical (unpaired) electrons. The lowest BCUT2D eigenvalue weighted by atomic mass is 10.0. The molecule has 0 amide bonds. The summed E-state index contributed by atoms with van der Waals surface area (Å²) in [5.74, 6) is -2.87. The van der Waals surface area contributed by atoms with Crippen molar-refractivity contribution in [3.63, 3.8) is 0 Å². The van der Waals surface area contributed by atoms with Gasteiger partial charge in [-0.2, -0.15) is 9.29 Å². The normalized spacial score (nSPS) is 20.3. The molecule has 3 rings (SSSR count). The van der Waals surface area contributed by atoms with Gasteiger partial charge >= 0.3 is 0 Å². The summed E-state index contributed by atoms with van der Waals surface area (Å²) in [6.45, 7) is 2.85. The molecule has 0 saturated carbocycles. The Morgan fingerprint density at radius 1 is 1.34 bits per heavy atom. The van der Waals surface area contributed by atoms with Crippen molar-refractivity contribution in [1.29, 1.82) is 0 Å². The third-order valence-corrected chi connectivity index (χ3v) is 6.76. The van der Waals surface area contributed by atoms with Crippen LogP contribution >= 0.6 is 0 Å². The Balaban J connectivity index is 1.90. The first kappa shape index (κ1) is 26.4. The minimum absolute atomic E-state index is 0.00124. The van der Waals surface area contributed by atoms with Gasteiger partial charge in [0.1, 0.15) is 5.52 Å². The van der Waals surface area contributed by atoms with Gasteiger partial charge in [-0.15, -0.1) is 5.10 Å². The predicted molar refractivity (Wildman–Crippen MR) is 135 cm³/mol. The molecule has 0 aliphatic carbocycles. The molecule has 1 aliphatic heterocycles. The molecule has 2 N–H and O–H groups in total. The second kappa shape index (κ2) is 10.6. The second-order valence-electron chi connectivity index (χ2n) is 8.09. The maximum atomic E-state index is 14.7. The van der Waals surface area contributed by atoms with E-state index in [0.29, 0.717) is 17.0 Å². The summed E-state index contributed by atoms with van der Waals surface area (Å²) in [5, 5.41) is 10.1. The van der Waals surface area contributed by atoms with Crippen molar-refractivity contribution in [2.75, 3.05) is 44.1 Å². The summed E-state index contributed by atoms with van der Waals surface area (Å²) >= 11 is 0. The second-order valence-corrected chi connectivity index (χ2v) is 10.1. The van der Waals surface area contributed by atoms with E-state index in [4.69, 9.17) is 0 Å². The average Bonchev–Trinajstić information content (AvgIpc) is 3.22. The SMILES string of the molecule is C\C=C/N=C(C)\C=C/C(=NC)c1ccn2nc(NC3CCN(S(C)(=O)=O)CC3(F)F)nc(NC)c12. The first-order valence-electron chi connectivity index (χ1n) is 11.0. The van der Waals surface area contributed by atoms with Gasteiger partial charge in [0.15, 0.2) is 5.82 Å². The molecule has 190 valence electrons. The maximum absolute atomic E-state index is 14.7. The van der Waals surface area contributed by atoms with E-state index in [2.05, 4.69) is 30.7 Å². The first-order chi connectivity index (χ1) is 16.5. The van der Waals surface area contributed by atoms with Crippen molar-refractivity contribution < 1.29 is 17.2 Å². The molecule has 0 bridgehead atoms. The summed E-state index contributed by atoms with van der Waals surface area (Å²) in [6, 6.07) is 0.506. The van der Waals surface area contributed by atoms with Crippen LogP contribution in [0.4, 0.5) is 20.5 Å². The van der Waals surface area contributed by atoms with Crippen molar-refractivity contribution >= 4 is 38.7 Å². The summed E-state index contributed by atoms with van der Waals surface area (Å²) in [4.78, 5) is 13.0. The van der Waals surface area contributed by atoms with Crippen LogP contribution in [0.3, 0.4) is 0 Å². The van der Waals surface area contributed by atoms with Crippen molar-refractivity contribution in [3.05, 3.63) is 42.3 Å². The Bertz CT molecular complexity index is 1300. The Hall–Kier alpha value is -3.19. The molecule has 1 unspecified atom stereocenters. The molecule has 1 saturated heterocycles. The summed E-state index contributed by atoms with van der Waals surface area (Å²) in [5.41, 5.74) is 2.85.